The van der Waals surface area contributed by atoms with E-state index >= 15 is 0 Å². The summed E-state index contributed by atoms with van der Waals surface area (Å²) in [6.45, 7) is 0. The average molecular weight is 383 g/mol. The summed E-state index contributed by atoms with van der Waals surface area (Å²) in [5, 5.41) is 0. The molecule has 0 atom stereocenters. The van der Waals surface area contributed by atoms with E-state index in [1.165, 1.54) is 29.5 Å². The van der Waals surface area contributed by atoms with Gasteiger partial charge in [-0.1, -0.05) is 55.3 Å². The molecule has 1 fully saturated rings. The number of carbonyl (C=O) groups excluding carboxylic acids is 1. The van der Waals surface area contributed by atoms with Gasteiger partial charge in [0.05, 0.1) is 6.42 Å². The van der Waals surface area contributed by atoms with Crippen LogP contribution in [0.3, 0.4) is 0 Å². The molecular weight excluding hydrogens is 356 g/mol. The van der Waals surface area contributed by atoms with E-state index in [4.69, 9.17) is 0 Å². The SMILES string of the molecule is O=C1Cc2ccc(-c3cncc(CCc4ccccc4)c3)cc2N1C1CCCC1. The van der Waals surface area contributed by atoms with Gasteiger partial charge in [0, 0.05) is 29.7 Å². The van der Waals surface area contributed by atoms with Crippen LogP contribution in [0, 0.1) is 0 Å². The molecule has 1 aliphatic heterocycles. The maximum atomic E-state index is 12.7. The quantitative estimate of drug-likeness (QED) is 0.595. The van der Waals surface area contributed by atoms with Crippen LogP contribution in [0.25, 0.3) is 11.1 Å². The average Bonchev–Trinajstić information content (AvgIpc) is 3.39. The van der Waals surface area contributed by atoms with Gasteiger partial charge in [0.1, 0.15) is 0 Å². The van der Waals surface area contributed by atoms with Crippen LogP contribution >= 0.6 is 0 Å². The van der Waals surface area contributed by atoms with E-state index in [0.717, 1.165) is 42.5 Å². The van der Waals surface area contributed by atoms with Crippen molar-refractivity contribution in [2.75, 3.05) is 4.90 Å². The van der Waals surface area contributed by atoms with E-state index in [2.05, 4.69) is 64.5 Å². The van der Waals surface area contributed by atoms with Gasteiger partial charge in [-0.15, -0.1) is 0 Å². The number of benzene rings is 2. The fraction of sp³-hybridized carbons (Fsp3) is 0.308. The van der Waals surface area contributed by atoms with Gasteiger partial charge in [0.15, 0.2) is 0 Å². The van der Waals surface area contributed by atoms with E-state index in [1.807, 2.05) is 12.4 Å². The standard InChI is InChI=1S/C26H26N2O/c29-26-16-22-13-12-21(15-25(22)28(26)24-8-4-5-9-24)23-14-20(17-27-18-23)11-10-19-6-2-1-3-7-19/h1-3,6-7,12-15,17-18,24H,4-5,8-11,16H2. The van der Waals surface area contributed by atoms with E-state index in [0.29, 0.717) is 12.5 Å². The van der Waals surface area contributed by atoms with Crippen molar-refractivity contribution in [2.45, 2.75) is 51.0 Å². The predicted molar refractivity (Wildman–Crippen MR) is 117 cm³/mol. The summed E-state index contributed by atoms with van der Waals surface area (Å²) in [7, 11) is 0. The van der Waals surface area contributed by atoms with E-state index in [1.54, 1.807) is 0 Å². The van der Waals surface area contributed by atoms with E-state index in [-0.39, 0.29) is 5.91 Å². The highest BCUT2D eigenvalue weighted by Crippen LogP contribution is 2.38. The summed E-state index contributed by atoms with van der Waals surface area (Å²) in [4.78, 5) is 19.2. The lowest BCUT2D eigenvalue weighted by atomic mass is 10.00. The maximum absolute atomic E-state index is 12.7. The van der Waals surface area contributed by atoms with Gasteiger partial charge in [-0.05, 0) is 60.1 Å². The number of rotatable bonds is 5. The van der Waals surface area contributed by atoms with Crippen LogP contribution in [0.5, 0.6) is 0 Å². The molecule has 5 rings (SSSR count). The number of fused-ring (bicyclic) bond motifs is 1. The highest BCUT2D eigenvalue weighted by atomic mass is 16.2. The molecule has 1 saturated carbocycles. The molecule has 3 nitrogen and oxygen atoms in total. The summed E-state index contributed by atoms with van der Waals surface area (Å²) in [6.07, 6.45) is 11.2. The van der Waals surface area contributed by atoms with Gasteiger partial charge < -0.3 is 4.90 Å². The highest BCUT2D eigenvalue weighted by molar-refractivity contribution is 6.02. The second kappa shape index (κ2) is 7.82. The molecule has 1 aromatic heterocycles. The van der Waals surface area contributed by atoms with Gasteiger partial charge >= 0.3 is 0 Å². The van der Waals surface area contributed by atoms with Crippen molar-refractivity contribution < 1.29 is 4.79 Å². The van der Waals surface area contributed by atoms with Crippen LogP contribution in [0.2, 0.25) is 0 Å². The third-order valence-electron chi connectivity index (χ3n) is 6.32. The lowest BCUT2D eigenvalue weighted by Gasteiger charge is -2.25. The second-order valence-corrected chi connectivity index (χ2v) is 8.29. The molecule has 0 bridgehead atoms. The molecule has 146 valence electrons. The van der Waals surface area contributed by atoms with Crippen molar-refractivity contribution in [3.8, 4) is 11.1 Å². The number of hydrogen-bond acceptors (Lipinski definition) is 2. The van der Waals surface area contributed by atoms with Gasteiger partial charge in [-0.3, -0.25) is 9.78 Å². The molecule has 29 heavy (non-hydrogen) atoms. The van der Waals surface area contributed by atoms with E-state index in [9.17, 15) is 4.79 Å². The first-order chi connectivity index (χ1) is 14.3. The number of hydrogen-bond donors (Lipinski definition) is 0. The zero-order chi connectivity index (χ0) is 19.6. The minimum atomic E-state index is 0.263. The van der Waals surface area contributed by atoms with Crippen LogP contribution in [0.15, 0.2) is 67.0 Å². The Morgan fingerprint density at radius 3 is 2.48 bits per heavy atom. The zero-order valence-electron chi connectivity index (χ0n) is 16.7. The summed E-state index contributed by atoms with van der Waals surface area (Å²) in [5.74, 6) is 0.263. The molecule has 0 radical (unpaired) electrons. The summed E-state index contributed by atoms with van der Waals surface area (Å²) in [5.41, 5.74) is 7.16. The Morgan fingerprint density at radius 1 is 0.862 bits per heavy atom. The van der Waals surface area contributed by atoms with Gasteiger partial charge in [-0.2, -0.15) is 0 Å². The number of aromatic nitrogens is 1. The van der Waals surface area contributed by atoms with Crippen molar-refractivity contribution in [1.82, 2.24) is 4.98 Å². The zero-order valence-corrected chi connectivity index (χ0v) is 16.7. The van der Waals surface area contributed by atoms with Crippen LogP contribution in [-0.2, 0) is 24.1 Å². The first kappa shape index (κ1) is 18.1. The monoisotopic (exact) mass is 382 g/mol. The fourth-order valence-corrected chi connectivity index (χ4v) is 4.78. The molecule has 0 N–H and O–H groups in total. The number of pyridine rings is 1. The molecule has 1 amide bonds. The molecule has 0 unspecified atom stereocenters. The Kier molecular flexibility index (Phi) is 4.89. The molecule has 3 heteroatoms. The molecule has 1 aliphatic carbocycles. The normalized spacial score (nSPS) is 16.4. The Morgan fingerprint density at radius 2 is 1.66 bits per heavy atom. The summed E-state index contributed by atoms with van der Waals surface area (Å²) >= 11 is 0. The third kappa shape index (κ3) is 3.69. The molecule has 0 saturated heterocycles. The molecule has 2 aromatic carbocycles. The van der Waals surface area contributed by atoms with Gasteiger partial charge in [0.25, 0.3) is 0 Å². The number of amides is 1. The first-order valence-electron chi connectivity index (χ1n) is 10.7. The van der Waals surface area contributed by atoms with Crippen molar-refractivity contribution in [2.24, 2.45) is 0 Å². The minimum absolute atomic E-state index is 0.263. The Hall–Kier alpha value is -2.94. The molecule has 2 heterocycles. The van der Waals surface area contributed by atoms with Crippen LogP contribution in [0.1, 0.15) is 42.4 Å². The van der Waals surface area contributed by atoms with Crippen LogP contribution < -0.4 is 4.90 Å². The number of carbonyl (C=O) groups is 1. The Labute approximate surface area is 172 Å². The largest absolute Gasteiger partial charge is 0.309 e. The molecular formula is C26H26N2O. The predicted octanol–water partition coefficient (Wildman–Crippen LogP) is 5.37. The second-order valence-electron chi connectivity index (χ2n) is 8.29. The lowest BCUT2D eigenvalue weighted by molar-refractivity contribution is -0.117. The molecule has 2 aliphatic rings. The van der Waals surface area contributed by atoms with Crippen molar-refractivity contribution in [3.05, 3.63) is 83.7 Å². The minimum Gasteiger partial charge on any atom is -0.309 e. The van der Waals surface area contributed by atoms with E-state index < -0.39 is 0 Å². The number of aryl methyl sites for hydroxylation is 2. The summed E-state index contributed by atoms with van der Waals surface area (Å²) < 4.78 is 0. The molecule has 0 spiro atoms. The van der Waals surface area contributed by atoms with Crippen molar-refractivity contribution >= 4 is 11.6 Å². The maximum Gasteiger partial charge on any atom is 0.231 e. The van der Waals surface area contributed by atoms with Crippen molar-refractivity contribution in [1.29, 1.82) is 0 Å². The Bertz CT molecular complexity index is 1020. The van der Waals surface area contributed by atoms with Crippen molar-refractivity contribution in [3.63, 3.8) is 0 Å². The molecule has 3 aromatic rings. The number of anilines is 1. The highest BCUT2D eigenvalue weighted by Gasteiger charge is 2.34. The van der Waals surface area contributed by atoms with Crippen LogP contribution in [-0.4, -0.2) is 16.9 Å². The third-order valence-corrected chi connectivity index (χ3v) is 6.32. The smallest absolute Gasteiger partial charge is 0.231 e. The fourth-order valence-electron chi connectivity index (χ4n) is 4.78. The number of nitrogens with zero attached hydrogens (tertiary/aromatic N) is 2. The summed E-state index contributed by atoms with van der Waals surface area (Å²) in [6, 6.07) is 19.7. The Balaban J connectivity index is 1.40. The lowest BCUT2D eigenvalue weighted by Crippen LogP contribution is -2.35. The van der Waals surface area contributed by atoms with Gasteiger partial charge in [-0.25, -0.2) is 0 Å². The topological polar surface area (TPSA) is 33.2 Å². The van der Waals surface area contributed by atoms with Crippen LogP contribution in [0.4, 0.5) is 5.69 Å². The van der Waals surface area contributed by atoms with Gasteiger partial charge in [0.2, 0.25) is 5.91 Å². The first-order valence-corrected chi connectivity index (χ1v) is 10.7.